The lowest BCUT2D eigenvalue weighted by Crippen LogP contribution is -2.13. The number of benzene rings is 1. The fraction of sp³-hybridized carbons (Fsp3) is 0.421. The highest BCUT2D eigenvalue weighted by Crippen LogP contribution is 2.45. The Morgan fingerprint density at radius 1 is 1.27 bits per heavy atom. The molecule has 0 radical (unpaired) electrons. The zero-order valence-corrected chi connectivity index (χ0v) is 15.6. The second-order valence-electron chi connectivity index (χ2n) is 6.73. The lowest BCUT2D eigenvalue weighted by atomic mass is 10.0. The van der Waals surface area contributed by atoms with Crippen molar-refractivity contribution in [1.82, 2.24) is 9.78 Å². The number of hydrogen-bond acceptors (Lipinski definition) is 5. The minimum absolute atomic E-state index is 0.0716. The molecular weight excluding hydrogens is 350 g/mol. The van der Waals surface area contributed by atoms with E-state index in [1.807, 2.05) is 23.7 Å². The van der Waals surface area contributed by atoms with Gasteiger partial charge in [0.15, 0.2) is 5.82 Å². The molecule has 7 heteroatoms. The minimum atomic E-state index is -0.364. The summed E-state index contributed by atoms with van der Waals surface area (Å²) in [4.78, 5) is 29.1. The number of thioether (sulfide) groups is 1. The molecule has 1 aromatic carbocycles. The molecular formula is C19H21N3O3S. The first-order valence-corrected chi connectivity index (χ1v) is 9.71. The molecule has 26 heavy (non-hydrogen) atoms. The number of aromatic nitrogens is 2. The standard InChI is InChI=1S/C19H21N3O3S/c1-11-20-17-15(18(23)21-22(17)14-5-3-4-6-14)16(26-11)12-7-9-13(10-8-12)19(24)25-2/h7-10,14,16H,3-6H2,1-2H3,(H,21,23)/t16-/m1/s1. The van der Waals surface area contributed by atoms with Crippen LogP contribution in [0.4, 0.5) is 5.82 Å². The number of fused-ring (bicyclic) bond motifs is 1. The summed E-state index contributed by atoms with van der Waals surface area (Å²) < 4.78 is 6.73. The molecule has 6 nitrogen and oxygen atoms in total. The Labute approximate surface area is 155 Å². The second-order valence-corrected chi connectivity index (χ2v) is 8.03. The molecule has 1 fully saturated rings. The van der Waals surface area contributed by atoms with Gasteiger partial charge in [0.25, 0.3) is 5.56 Å². The van der Waals surface area contributed by atoms with Crippen molar-refractivity contribution in [2.24, 2.45) is 4.99 Å². The van der Waals surface area contributed by atoms with Gasteiger partial charge in [-0.1, -0.05) is 36.7 Å². The number of carbonyl (C=O) groups is 1. The van der Waals surface area contributed by atoms with Crippen LogP contribution in [-0.4, -0.2) is 27.9 Å². The summed E-state index contributed by atoms with van der Waals surface area (Å²) in [5.74, 6) is 0.400. The number of aliphatic imine (C=N–C) groups is 1. The molecule has 4 rings (SSSR count). The number of esters is 1. The molecule has 1 saturated carbocycles. The van der Waals surface area contributed by atoms with Gasteiger partial charge in [-0.15, -0.1) is 0 Å². The van der Waals surface area contributed by atoms with Gasteiger partial charge in [-0.3, -0.25) is 14.6 Å². The summed E-state index contributed by atoms with van der Waals surface area (Å²) in [6, 6.07) is 7.58. The smallest absolute Gasteiger partial charge is 0.337 e. The lowest BCUT2D eigenvalue weighted by Gasteiger charge is -2.22. The van der Waals surface area contributed by atoms with E-state index >= 15 is 0 Å². The Morgan fingerprint density at radius 2 is 1.96 bits per heavy atom. The second kappa shape index (κ2) is 6.79. The van der Waals surface area contributed by atoms with Gasteiger partial charge in [0.05, 0.1) is 34.6 Å². The molecule has 2 aliphatic rings. The van der Waals surface area contributed by atoms with Crippen LogP contribution in [0, 0.1) is 0 Å². The van der Waals surface area contributed by atoms with Crippen LogP contribution in [0.15, 0.2) is 34.1 Å². The van der Waals surface area contributed by atoms with E-state index in [4.69, 9.17) is 4.74 Å². The summed E-state index contributed by atoms with van der Waals surface area (Å²) in [6.07, 6.45) is 4.54. The third kappa shape index (κ3) is 2.90. The molecule has 0 bridgehead atoms. The quantitative estimate of drug-likeness (QED) is 0.829. The van der Waals surface area contributed by atoms with E-state index in [1.54, 1.807) is 23.9 Å². The summed E-state index contributed by atoms with van der Waals surface area (Å²) in [5, 5.41) is 3.83. The van der Waals surface area contributed by atoms with Gasteiger partial charge < -0.3 is 4.74 Å². The average Bonchev–Trinajstić information content (AvgIpc) is 3.29. The van der Waals surface area contributed by atoms with Crippen LogP contribution in [-0.2, 0) is 4.74 Å². The van der Waals surface area contributed by atoms with Crippen LogP contribution < -0.4 is 5.56 Å². The van der Waals surface area contributed by atoms with E-state index in [9.17, 15) is 9.59 Å². The SMILES string of the molecule is COC(=O)c1ccc([C@H]2SC(C)=Nc3c2c(=O)[nH]n3C2CCCC2)cc1. The first kappa shape index (κ1) is 17.1. The largest absolute Gasteiger partial charge is 0.465 e. The molecule has 1 aromatic heterocycles. The third-order valence-electron chi connectivity index (χ3n) is 5.07. The summed E-state index contributed by atoms with van der Waals surface area (Å²) >= 11 is 1.57. The van der Waals surface area contributed by atoms with E-state index in [0.717, 1.165) is 29.3 Å². The van der Waals surface area contributed by atoms with Gasteiger partial charge in [0.1, 0.15) is 0 Å². The topological polar surface area (TPSA) is 76.4 Å². The van der Waals surface area contributed by atoms with Gasteiger partial charge in [0, 0.05) is 0 Å². The molecule has 1 aliphatic carbocycles. The molecule has 0 amide bonds. The van der Waals surface area contributed by atoms with Crippen LogP contribution in [0.2, 0.25) is 0 Å². The highest BCUT2D eigenvalue weighted by Gasteiger charge is 2.32. The number of hydrogen-bond donors (Lipinski definition) is 1. The third-order valence-corrected chi connectivity index (χ3v) is 6.25. The number of carbonyl (C=O) groups excluding carboxylic acids is 1. The predicted molar refractivity (Wildman–Crippen MR) is 103 cm³/mol. The van der Waals surface area contributed by atoms with E-state index in [2.05, 4.69) is 10.1 Å². The molecule has 0 unspecified atom stereocenters. The molecule has 1 atom stereocenters. The van der Waals surface area contributed by atoms with Crippen LogP contribution in [0.5, 0.6) is 0 Å². The van der Waals surface area contributed by atoms with Gasteiger partial charge in [-0.05, 0) is 37.5 Å². The maximum atomic E-state index is 12.7. The maximum absolute atomic E-state index is 12.7. The first-order valence-electron chi connectivity index (χ1n) is 8.83. The minimum Gasteiger partial charge on any atom is -0.465 e. The molecule has 2 heterocycles. The van der Waals surface area contributed by atoms with Crippen molar-refractivity contribution in [2.45, 2.75) is 43.9 Å². The summed E-state index contributed by atoms with van der Waals surface area (Å²) in [5.41, 5.74) is 2.11. The van der Waals surface area contributed by atoms with Gasteiger partial charge in [0.2, 0.25) is 0 Å². The van der Waals surface area contributed by atoms with Crippen molar-refractivity contribution in [1.29, 1.82) is 0 Å². The first-order chi connectivity index (χ1) is 12.6. The Kier molecular flexibility index (Phi) is 4.48. The van der Waals surface area contributed by atoms with Gasteiger partial charge >= 0.3 is 5.97 Å². The van der Waals surface area contributed by atoms with Gasteiger partial charge in [-0.25, -0.2) is 9.79 Å². The van der Waals surface area contributed by atoms with E-state index in [1.165, 1.54) is 20.0 Å². The highest BCUT2D eigenvalue weighted by atomic mass is 32.2. The van der Waals surface area contributed by atoms with E-state index < -0.39 is 0 Å². The van der Waals surface area contributed by atoms with Crippen molar-refractivity contribution in [3.63, 3.8) is 0 Å². The highest BCUT2D eigenvalue weighted by molar-refractivity contribution is 8.14. The zero-order chi connectivity index (χ0) is 18.3. The fourth-order valence-electron chi connectivity index (χ4n) is 3.78. The van der Waals surface area contributed by atoms with Crippen molar-refractivity contribution < 1.29 is 9.53 Å². The van der Waals surface area contributed by atoms with Crippen LogP contribution >= 0.6 is 11.8 Å². The summed E-state index contributed by atoms with van der Waals surface area (Å²) in [6.45, 7) is 1.97. The van der Waals surface area contributed by atoms with E-state index in [-0.39, 0.29) is 16.8 Å². The number of H-pyrrole nitrogens is 1. The molecule has 0 saturated heterocycles. The predicted octanol–water partition coefficient (Wildman–Crippen LogP) is 3.96. The van der Waals surface area contributed by atoms with Crippen LogP contribution in [0.3, 0.4) is 0 Å². The Balaban J connectivity index is 1.75. The normalized spacial score (nSPS) is 19.9. The zero-order valence-electron chi connectivity index (χ0n) is 14.8. The number of ether oxygens (including phenoxy) is 1. The number of nitrogens with one attached hydrogen (secondary N) is 1. The van der Waals surface area contributed by atoms with Crippen LogP contribution in [0.25, 0.3) is 0 Å². The van der Waals surface area contributed by atoms with Crippen molar-refractivity contribution in [2.75, 3.05) is 7.11 Å². The lowest BCUT2D eigenvalue weighted by molar-refractivity contribution is 0.0600. The molecule has 1 aliphatic heterocycles. The molecule has 136 valence electrons. The van der Waals surface area contributed by atoms with E-state index in [0.29, 0.717) is 17.2 Å². The maximum Gasteiger partial charge on any atom is 0.337 e. The monoisotopic (exact) mass is 371 g/mol. The van der Waals surface area contributed by atoms with Crippen molar-refractivity contribution in [3.05, 3.63) is 51.3 Å². The molecule has 2 aromatic rings. The number of rotatable bonds is 3. The van der Waals surface area contributed by atoms with Gasteiger partial charge in [-0.2, -0.15) is 0 Å². The Morgan fingerprint density at radius 3 is 2.62 bits per heavy atom. The molecule has 0 spiro atoms. The Hall–Kier alpha value is -2.28. The summed E-state index contributed by atoms with van der Waals surface area (Å²) in [7, 11) is 1.37. The Bertz CT molecular complexity index is 920. The van der Waals surface area contributed by atoms with Crippen molar-refractivity contribution in [3.8, 4) is 0 Å². The molecule has 1 N–H and O–H groups in total. The van der Waals surface area contributed by atoms with Crippen molar-refractivity contribution >= 4 is 28.6 Å². The van der Waals surface area contributed by atoms with Crippen LogP contribution in [0.1, 0.15) is 65.4 Å². The number of nitrogens with zero attached hydrogens (tertiary/aromatic N) is 2. The number of aromatic amines is 1. The fourth-order valence-corrected chi connectivity index (χ4v) is 4.89. The number of methoxy groups -OCH3 is 1. The average molecular weight is 371 g/mol.